The summed E-state index contributed by atoms with van der Waals surface area (Å²) in [7, 11) is -5.04. The normalized spacial score (nSPS) is 18.3. The van der Waals surface area contributed by atoms with Crippen LogP contribution in [0.4, 0.5) is 11.4 Å². The molecule has 6 rings (SSSR count). The van der Waals surface area contributed by atoms with Crippen LogP contribution < -0.4 is 88.6 Å². The Morgan fingerprint density at radius 1 is 0.629 bits per heavy atom. The van der Waals surface area contributed by atoms with Gasteiger partial charge in [-0.2, -0.15) is 16.8 Å². The average molecular weight is 1030 g/mol. The third kappa shape index (κ3) is 14.2. The fourth-order valence-electron chi connectivity index (χ4n) is 5.85. The van der Waals surface area contributed by atoms with Crippen molar-refractivity contribution in [1.82, 2.24) is 9.80 Å². The number of hydrogen-bond donors (Lipinski definition) is 2. The van der Waals surface area contributed by atoms with Crippen LogP contribution in [0.15, 0.2) is 66.1 Å². The molecule has 2 aromatic carbocycles. The van der Waals surface area contributed by atoms with Gasteiger partial charge in [0.2, 0.25) is 0 Å². The molecule has 2 fully saturated rings. The number of amides is 2. The van der Waals surface area contributed by atoms with Crippen molar-refractivity contribution in [2.45, 2.75) is 35.5 Å². The maximum absolute atomic E-state index is 12.8. The Hall–Kier alpha value is -1.60. The summed E-state index contributed by atoms with van der Waals surface area (Å²) in [6.07, 6.45) is 1.33. The van der Waals surface area contributed by atoms with Crippen LogP contribution in [-0.4, -0.2) is 120 Å². The first-order valence-electron chi connectivity index (χ1n) is 17.3. The minimum Gasteiger partial charge on any atom is -0.548 e. The number of unbranched alkanes of at least 4 members (excludes halogenated alkanes) is 2. The maximum atomic E-state index is 12.8. The van der Waals surface area contributed by atoms with E-state index >= 15 is 0 Å². The van der Waals surface area contributed by atoms with E-state index in [0.717, 1.165) is 54.5 Å². The first-order valence-corrected chi connectivity index (χ1v) is 24.6. The van der Waals surface area contributed by atoms with E-state index in [1.807, 2.05) is 21.9 Å². The number of thioether (sulfide) groups is 4. The van der Waals surface area contributed by atoms with Crippen molar-refractivity contribution < 1.29 is 124 Å². The van der Waals surface area contributed by atoms with Crippen LogP contribution in [0, 0.1) is 0 Å². The number of benzene rings is 2. The Kier molecular flexibility index (Phi) is 20.9. The molecule has 0 aliphatic carbocycles. The Morgan fingerprint density at radius 3 is 1.29 bits per heavy atom. The Bertz CT molecular complexity index is 2260. The summed E-state index contributed by atoms with van der Waals surface area (Å²) < 4.78 is 72.6. The predicted octanol–water partition coefficient (Wildman–Crippen LogP) is -3.88. The first-order chi connectivity index (χ1) is 28.2. The van der Waals surface area contributed by atoms with Crippen LogP contribution in [0.2, 0.25) is 0 Å². The summed E-state index contributed by atoms with van der Waals surface area (Å²) in [4.78, 5) is 55.6. The fourth-order valence-corrected chi connectivity index (χ4v) is 12.1. The summed E-state index contributed by atoms with van der Waals surface area (Å²) in [6.45, 7) is -0.492. The smallest absolute Gasteiger partial charge is 0.548 e. The topological polar surface area (TPSA) is 255 Å². The molecule has 2 aromatic rings. The number of carboxylic acid groups (broad SMARTS) is 2. The quantitative estimate of drug-likeness (QED) is 0.0536. The molecular formula is C34H34N4Na2O14S8. The van der Waals surface area contributed by atoms with Crippen molar-refractivity contribution in [3.05, 3.63) is 56.3 Å². The molecule has 4 aliphatic rings. The zero-order chi connectivity index (χ0) is 44.1. The molecule has 0 unspecified atom stereocenters. The maximum Gasteiger partial charge on any atom is 1.00 e. The van der Waals surface area contributed by atoms with Gasteiger partial charge >= 0.3 is 59.1 Å². The SMILES string of the molecule is COc1ccc2c(c1)N(CCCCS(=O)(=O)O)C(=C1SC(=S)N(CC(=O)[O-])C1=O)S2.COc1ccc2c(c1)N(CCCCS(=O)(=O)O)C(=C1SC(=S)N(CC(=O)[O-])C1=O)S2.[Na+].[Na+]. The summed E-state index contributed by atoms with van der Waals surface area (Å²) in [6, 6.07) is 10.9. The van der Waals surface area contributed by atoms with Gasteiger partial charge in [0.05, 0.1) is 62.1 Å². The van der Waals surface area contributed by atoms with Crippen LogP contribution in [0.5, 0.6) is 11.5 Å². The van der Waals surface area contributed by atoms with Gasteiger partial charge < -0.3 is 39.1 Å². The molecule has 4 heterocycles. The van der Waals surface area contributed by atoms with E-state index in [-0.39, 0.29) is 92.1 Å². The molecule has 0 atom stereocenters. The molecule has 28 heteroatoms. The zero-order valence-corrected chi connectivity index (χ0v) is 43.9. The molecule has 2 saturated heterocycles. The number of anilines is 2. The van der Waals surface area contributed by atoms with Gasteiger partial charge in [-0.05, 0) is 49.9 Å². The van der Waals surface area contributed by atoms with Crippen LogP contribution in [0.1, 0.15) is 25.7 Å². The zero-order valence-electron chi connectivity index (χ0n) is 33.4. The average Bonchev–Trinajstić information content (AvgIpc) is 3.88. The van der Waals surface area contributed by atoms with Crippen LogP contribution in [0.25, 0.3) is 0 Å². The van der Waals surface area contributed by atoms with Gasteiger partial charge in [0.1, 0.15) is 40.0 Å². The molecule has 324 valence electrons. The van der Waals surface area contributed by atoms with E-state index in [2.05, 4.69) is 0 Å². The molecule has 0 spiro atoms. The van der Waals surface area contributed by atoms with Crippen LogP contribution in [0.3, 0.4) is 0 Å². The number of hydrogen-bond acceptors (Lipinski definition) is 20. The molecular weight excluding hydrogens is 991 g/mol. The van der Waals surface area contributed by atoms with Crippen LogP contribution in [-0.2, 0) is 39.4 Å². The van der Waals surface area contributed by atoms with Gasteiger partial charge in [0.15, 0.2) is 0 Å². The summed E-state index contributed by atoms with van der Waals surface area (Å²) >= 11 is 15.0. The van der Waals surface area contributed by atoms with Crippen molar-refractivity contribution in [2.75, 3.05) is 61.7 Å². The second-order valence-corrected chi connectivity index (χ2v) is 21.2. The third-order valence-corrected chi connectivity index (χ3v) is 15.7. The van der Waals surface area contributed by atoms with Gasteiger partial charge in [-0.1, -0.05) is 71.5 Å². The minimum absolute atomic E-state index is 0. The van der Waals surface area contributed by atoms with E-state index in [9.17, 15) is 46.2 Å². The summed E-state index contributed by atoms with van der Waals surface area (Å²) in [5.41, 5.74) is 1.57. The monoisotopic (exact) mass is 1020 g/mol. The molecule has 0 aromatic heterocycles. The number of nitrogens with zero attached hydrogens (tertiary/aromatic N) is 4. The molecule has 62 heavy (non-hydrogen) atoms. The number of fused-ring (bicyclic) bond motifs is 2. The Labute approximate surface area is 429 Å². The van der Waals surface area contributed by atoms with E-state index in [4.69, 9.17) is 43.0 Å². The Balaban J connectivity index is 0.000000320. The molecule has 0 bridgehead atoms. The largest absolute Gasteiger partial charge is 1.00 e. The second-order valence-electron chi connectivity index (χ2n) is 12.7. The molecule has 2 amide bonds. The predicted molar refractivity (Wildman–Crippen MR) is 232 cm³/mol. The van der Waals surface area contributed by atoms with E-state index in [0.29, 0.717) is 57.3 Å². The number of ether oxygens (including phenoxy) is 2. The summed E-state index contributed by atoms with van der Waals surface area (Å²) in [5, 5.41) is 23.1. The van der Waals surface area contributed by atoms with E-state index < -0.39 is 57.1 Å². The van der Waals surface area contributed by atoms with Gasteiger partial charge in [-0.15, -0.1) is 0 Å². The van der Waals surface area contributed by atoms with Crippen molar-refractivity contribution in [2.24, 2.45) is 0 Å². The number of methoxy groups -OCH3 is 2. The molecule has 0 radical (unpaired) electrons. The molecule has 4 aliphatic heterocycles. The molecule has 18 nitrogen and oxygen atoms in total. The number of carbonyl (C=O) groups excluding carboxylic acids is 4. The van der Waals surface area contributed by atoms with E-state index in [1.165, 1.54) is 37.7 Å². The van der Waals surface area contributed by atoms with Crippen molar-refractivity contribution >= 4 is 135 Å². The number of carbonyl (C=O) groups is 4. The van der Waals surface area contributed by atoms with Gasteiger partial charge in [-0.3, -0.25) is 28.5 Å². The van der Waals surface area contributed by atoms with Crippen molar-refractivity contribution in [3.63, 3.8) is 0 Å². The first kappa shape index (κ1) is 54.7. The molecule has 2 N–H and O–H groups in total. The van der Waals surface area contributed by atoms with Gasteiger partial charge in [0.25, 0.3) is 32.1 Å². The van der Waals surface area contributed by atoms with Crippen molar-refractivity contribution in [3.8, 4) is 11.5 Å². The third-order valence-electron chi connectivity index (χ3n) is 8.55. The van der Waals surface area contributed by atoms with Crippen LogP contribution >= 0.6 is 71.5 Å². The standard InChI is InChI=1S/2C17H18N2O7S4.2Na/c2*1-26-10-4-5-12-11(8-10)18(6-2-3-7-30(23,24)25)16(28-12)14-15(22)19(9-13(20)21)17(27)29-14;;/h2*4-5,8H,2-3,6-7,9H2,1H3,(H,20,21)(H,23,24,25);;/q;;2*+1/p-2. The number of rotatable bonds is 16. The second kappa shape index (κ2) is 23.7. The summed E-state index contributed by atoms with van der Waals surface area (Å²) in [5.74, 6) is -3.34. The number of carboxylic acids is 2. The van der Waals surface area contributed by atoms with Gasteiger partial charge in [-0.25, -0.2) is 0 Å². The van der Waals surface area contributed by atoms with Crippen molar-refractivity contribution in [1.29, 1.82) is 0 Å². The number of thiocarbonyl (C=S) groups is 2. The molecule has 0 saturated carbocycles. The number of aliphatic carboxylic acids is 2. The minimum atomic E-state index is -4.05. The Morgan fingerprint density at radius 2 is 0.984 bits per heavy atom. The fraction of sp³-hybridized carbons (Fsp3) is 0.353. The van der Waals surface area contributed by atoms with E-state index in [1.54, 1.807) is 24.3 Å². The van der Waals surface area contributed by atoms with Gasteiger partial charge in [0, 0.05) is 35.0 Å².